The quantitative estimate of drug-likeness (QED) is 0.562. The molecule has 0 amide bonds. The van der Waals surface area contributed by atoms with Gasteiger partial charge in [0.25, 0.3) is 10.1 Å². The Morgan fingerprint density at radius 1 is 1.04 bits per heavy atom. The third kappa shape index (κ3) is 4.50. The zero-order chi connectivity index (χ0) is 19.0. The van der Waals surface area contributed by atoms with E-state index < -0.39 is 44.2 Å². The Balaban J connectivity index is 2.56. The summed E-state index contributed by atoms with van der Waals surface area (Å²) in [5.74, 6) is -1.11. The van der Waals surface area contributed by atoms with Gasteiger partial charge < -0.3 is 0 Å². The largest absolute Gasteiger partial charge is 0.427 e. The van der Waals surface area contributed by atoms with Gasteiger partial charge in [0.15, 0.2) is 0 Å². The normalized spacial score (nSPS) is 13.2. The molecule has 0 N–H and O–H groups in total. The Bertz CT molecular complexity index is 853. The van der Waals surface area contributed by atoms with Crippen LogP contribution in [0.5, 0.6) is 0 Å². The van der Waals surface area contributed by atoms with Gasteiger partial charge in [0.2, 0.25) is 0 Å². The highest BCUT2D eigenvalue weighted by Crippen LogP contribution is 2.41. The number of hydrogen-bond donors (Lipinski definition) is 0. The van der Waals surface area contributed by atoms with Gasteiger partial charge in [0.05, 0.1) is 18.4 Å². The van der Waals surface area contributed by atoms with E-state index in [2.05, 4.69) is 8.56 Å². The van der Waals surface area contributed by atoms with E-state index in [4.69, 9.17) is 0 Å². The van der Waals surface area contributed by atoms with Crippen LogP contribution in [0.2, 0.25) is 0 Å². The maximum absolute atomic E-state index is 13.1. The predicted molar refractivity (Wildman–Crippen MR) is 77.2 cm³/mol. The highest BCUT2D eigenvalue weighted by molar-refractivity contribution is 7.85. The number of benzene rings is 1. The van der Waals surface area contributed by atoms with E-state index in [0.717, 1.165) is 19.2 Å². The molecular weight excluding hydrogens is 396 g/mol. The van der Waals surface area contributed by atoms with Crippen molar-refractivity contribution < 1.29 is 38.9 Å². The van der Waals surface area contributed by atoms with E-state index >= 15 is 0 Å². The van der Waals surface area contributed by atoms with Gasteiger partial charge in [0, 0.05) is 11.1 Å². The molecule has 0 saturated carbocycles. The maximum atomic E-state index is 13.1. The molecule has 0 radical (unpaired) electrons. The SMILES string of the molecule is COS(=O)(=O)Cc1c(-c2ccc(C(F)(F)F)cc2)nsc1C(F)(F)F. The van der Waals surface area contributed by atoms with Crippen LogP contribution in [0.4, 0.5) is 26.3 Å². The average molecular weight is 405 g/mol. The molecule has 0 aliphatic rings. The molecular formula is C13H9F6NO3S2. The number of nitrogens with zero attached hydrogens (tertiary/aromatic N) is 1. The summed E-state index contributed by atoms with van der Waals surface area (Å²) in [5.41, 5.74) is -2.08. The Morgan fingerprint density at radius 3 is 2.04 bits per heavy atom. The minimum absolute atomic E-state index is 0.0216. The average Bonchev–Trinajstić information content (AvgIpc) is 2.89. The molecule has 138 valence electrons. The summed E-state index contributed by atoms with van der Waals surface area (Å²) in [7, 11) is -3.51. The Morgan fingerprint density at radius 2 is 1.60 bits per heavy atom. The second-order valence-corrected chi connectivity index (χ2v) is 7.29. The first-order valence-corrected chi connectivity index (χ1v) is 8.72. The second-order valence-electron chi connectivity index (χ2n) is 4.78. The van der Waals surface area contributed by atoms with Crippen LogP contribution in [-0.4, -0.2) is 19.9 Å². The molecule has 1 aromatic carbocycles. The summed E-state index contributed by atoms with van der Waals surface area (Å²) in [6.45, 7) is 0. The smallest absolute Gasteiger partial charge is 0.273 e. The molecule has 12 heteroatoms. The van der Waals surface area contributed by atoms with Crippen molar-refractivity contribution in [3.8, 4) is 11.3 Å². The van der Waals surface area contributed by atoms with Crippen LogP contribution in [0.1, 0.15) is 16.0 Å². The molecule has 0 unspecified atom stereocenters. The Labute approximate surface area is 142 Å². The fourth-order valence-electron chi connectivity index (χ4n) is 1.95. The van der Waals surface area contributed by atoms with Gasteiger partial charge in [-0.2, -0.15) is 39.1 Å². The molecule has 1 heterocycles. The van der Waals surface area contributed by atoms with E-state index in [9.17, 15) is 34.8 Å². The number of alkyl halides is 6. The molecule has 0 bridgehead atoms. The van der Waals surface area contributed by atoms with Crippen LogP contribution < -0.4 is 0 Å². The molecule has 0 spiro atoms. The first kappa shape index (κ1) is 19.7. The molecule has 0 atom stereocenters. The molecule has 0 aliphatic heterocycles. The summed E-state index contributed by atoms with van der Waals surface area (Å²) in [4.78, 5) is -1.25. The monoisotopic (exact) mass is 405 g/mol. The summed E-state index contributed by atoms with van der Waals surface area (Å²) in [6, 6.07) is 3.22. The van der Waals surface area contributed by atoms with Gasteiger partial charge in [-0.05, 0) is 23.7 Å². The van der Waals surface area contributed by atoms with Gasteiger partial charge >= 0.3 is 12.4 Å². The van der Waals surface area contributed by atoms with Crippen molar-refractivity contribution in [1.82, 2.24) is 4.37 Å². The topological polar surface area (TPSA) is 56.3 Å². The number of halogens is 6. The standard InChI is InChI=1S/C13H9F6NO3S2/c1-23-25(21,22)6-9-10(20-24-11(9)13(17,18)19)7-2-4-8(5-3-7)12(14,15)16/h2-5H,6H2,1H3. The van der Waals surface area contributed by atoms with Gasteiger partial charge in [-0.1, -0.05) is 12.1 Å². The summed E-state index contributed by atoms with van der Waals surface area (Å²) >= 11 is 0.0216. The number of aromatic nitrogens is 1. The van der Waals surface area contributed by atoms with Crippen molar-refractivity contribution in [2.24, 2.45) is 0 Å². The van der Waals surface area contributed by atoms with Crippen molar-refractivity contribution in [2.45, 2.75) is 18.1 Å². The summed E-state index contributed by atoms with van der Waals surface area (Å²) < 4.78 is 108. The van der Waals surface area contributed by atoms with Crippen LogP contribution in [0, 0.1) is 0 Å². The van der Waals surface area contributed by atoms with Gasteiger partial charge in [-0.25, -0.2) is 0 Å². The highest BCUT2D eigenvalue weighted by atomic mass is 32.2. The van der Waals surface area contributed by atoms with Crippen LogP contribution in [-0.2, 0) is 32.4 Å². The predicted octanol–water partition coefficient (Wildman–Crippen LogP) is 4.32. The molecule has 2 aromatic rings. The van der Waals surface area contributed by atoms with Crippen molar-refractivity contribution in [3.63, 3.8) is 0 Å². The Hall–Kier alpha value is -1.66. The van der Waals surface area contributed by atoms with Gasteiger partial charge in [0.1, 0.15) is 10.6 Å². The van der Waals surface area contributed by atoms with E-state index in [0.29, 0.717) is 12.1 Å². The molecule has 0 fully saturated rings. The lowest BCUT2D eigenvalue weighted by Crippen LogP contribution is -2.12. The zero-order valence-corrected chi connectivity index (χ0v) is 13.9. The van der Waals surface area contributed by atoms with Crippen molar-refractivity contribution >= 4 is 21.7 Å². The van der Waals surface area contributed by atoms with Gasteiger partial charge in [-0.15, -0.1) is 0 Å². The zero-order valence-electron chi connectivity index (χ0n) is 12.3. The third-order valence-corrected chi connectivity index (χ3v) is 5.19. The lowest BCUT2D eigenvalue weighted by atomic mass is 10.0. The number of rotatable bonds is 4. The molecule has 2 rings (SSSR count). The highest BCUT2D eigenvalue weighted by Gasteiger charge is 2.39. The number of hydrogen-bond acceptors (Lipinski definition) is 5. The van der Waals surface area contributed by atoms with E-state index in [1.807, 2.05) is 0 Å². The second kappa shape index (κ2) is 6.57. The van der Waals surface area contributed by atoms with E-state index in [-0.39, 0.29) is 22.8 Å². The third-order valence-electron chi connectivity index (χ3n) is 3.11. The molecule has 0 aliphatic carbocycles. The van der Waals surface area contributed by atoms with Crippen LogP contribution in [0.15, 0.2) is 24.3 Å². The summed E-state index contributed by atoms with van der Waals surface area (Å²) in [5, 5.41) is 0. The van der Waals surface area contributed by atoms with Crippen molar-refractivity contribution in [3.05, 3.63) is 40.3 Å². The van der Waals surface area contributed by atoms with Gasteiger partial charge in [-0.3, -0.25) is 4.18 Å². The molecule has 25 heavy (non-hydrogen) atoms. The maximum Gasteiger partial charge on any atom is 0.427 e. The first-order chi connectivity index (χ1) is 11.3. The van der Waals surface area contributed by atoms with Crippen molar-refractivity contribution in [2.75, 3.05) is 7.11 Å². The minimum Gasteiger partial charge on any atom is -0.273 e. The lowest BCUT2D eigenvalue weighted by molar-refractivity contribution is -0.137. The van der Waals surface area contributed by atoms with Crippen LogP contribution in [0.3, 0.4) is 0 Å². The molecule has 4 nitrogen and oxygen atoms in total. The minimum atomic E-state index is -4.86. The van der Waals surface area contributed by atoms with Crippen molar-refractivity contribution in [1.29, 1.82) is 0 Å². The first-order valence-electron chi connectivity index (χ1n) is 6.37. The van der Waals surface area contributed by atoms with E-state index in [1.54, 1.807) is 0 Å². The van der Waals surface area contributed by atoms with Crippen LogP contribution >= 0.6 is 11.5 Å². The van der Waals surface area contributed by atoms with Crippen LogP contribution in [0.25, 0.3) is 11.3 Å². The molecule has 1 aromatic heterocycles. The summed E-state index contributed by atoms with van der Waals surface area (Å²) in [6.07, 6.45) is -9.47. The lowest BCUT2D eigenvalue weighted by Gasteiger charge is -2.10. The molecule has 0 saturated heterocycles. The van der Waals surface area contributed by atoms with E-state index in [1.165, 1.54) is 0 Å². The fourth-order valence-corrected chi connectivity index (χ4v) is 3.57. The fraction of sp³-hybridized carbons (Fsp3) is 0.308. The Kier molecular flexibility index (Phi) is 5.17.